The van der Waals surface area contributed by atoms with Crippen LogP contribution in [-0.4, -0.2) is 53.5 Å². The molecule has 3 aromatic rings. The number of aromatic hydroxyl groups is 1. The van der Waals surface area contributed by atoms with Gasteiger partial charge in [-0.05, 0) is 110 Å². The smallest absolute Gasteiger partial charge is 0.330 e. The lowest BCUT2D eigenvalue weighted by Crippen LogP contribution is -2.35. The predicted molar refractivity (Wildman–Crippen MR) is 195 cm³/mol. The zero-order valence-electron chi connectivity index (χ0n) is 29.9. The first kappa shape index (κ1) is 38.7. The summed E-state index contributed by atoms with van der Waals surface area (Å²) in [5.74, 6) is -1.20. The number of allylic oxidation sites excluding steroid dienone is 2. The molecule has 51 heavy (non-hydrogen) atoms. The third kappa shape index (κ3) is 11.8. The summed E-state index contributed by atoms with van der Waals surface area (Å²) in [6, 6.07) is 23.4. The Bertz CT molecular complexity index is 1610. The number of carboxylic acid groups (broad SMARTS) is 1. The molecular weight excluding hydrogens is 648 g/mol. The molecule has 0 radical (unpaired) electrons. The van der Waals surface area contributed by atoms with Crippen molar-refractivity contribution in [1.29, 1.82) is 0 Å². The summed E-state index contributed by atoms with van der Waals surface area (Å²) >= 11 is 0. The standard InChI is InChI=1S/C42H50O9/c1-6-40(44)50-29(4)25-48-36-19-13-32(14-20-36)28(3)24-34(23-27(2)31-11-17-35(43)18-12-31)33-15-21-37(22-16-33)49-26-30(5)51-42(47)39-10-8-7-9-38(39)41(45)46/h6-8,11-22,27-30,34,38-39,43H,1,9-10,23-26H2,2-5H3,(H,45,46). The highest BCUT2D eigenvalue weighted by atomic mass is 16.6. The molecule has 3 aromatic carbocycles. The van der Waals surface area contributed by atoms with E-state index in [1.165, 1.54) is 11.1 Å². The van der Waals surface area contributed by atoms with Crippen LogP contribution >= 0.6 is 0 Å². The Labute approximate surface area is 300 Å². The van der Waals surface area contributed by atoms with Crippen molar-refractivity contribution in [2.24, 2.45) is 11.8 Å². The molecule has 0 aromatic heterocycles. The van der Waals surface area contributed by atoms with Crippen molar-refractivity contribution < 1.29 is 43.5 Å². The largest absolute Gasteiger partial charge is 0.508 e. The minimum absolute atomic E-state index is 0.141. The van der Waals surface area contributed by atoms with E-state index in [4.69, 9.17) is 18.9 Å². The first-order chi connectivity index (χ1) is 24.4. The van der Waals surface area contributed by atoms with Crippen molar-refractivity contribution in [1.82, 2.24) is 0 Å². The number of aliphatic carboxylic acids is 1. The molecule has 0 saturated carbocycles. The number of hydrogen-bond donors (Lipinski definition) is 2. The van der Waals surface area contributed by atoms with Crippen molar-refractivity contribution in [3.63, 3.8) is 0 Å². The molecule has 0 aliphatic heterocycles. The molecule has 7 atom stereocenters. The Balaban J connectivity index is 1.39. The Morgan fingerprint density at radius 2 is 1.16 bits per heavy atom. The maximum absolute atomic E-state index is 12.8. The number of carbonyl (C=O) groups is 3. The van der Waals surface area contributed by atoms with E-state index >= 15 is 0 Å². The lowest BCUT2D eigenvalue weighted by Gasteiger charge is -2.26. The van der Waals surface area contributed by atoms with Crippen molar-refractivity contribution in [2.45, 2.75) is 83.3 Å². The Hall–Kier alpha value is -5.05. The number of phenolic OH excluding ortho intramolecular Hbond substituents is 1. The van der Waals surface area contributed by atoms with Crippen molar-refractivity contribution in [2.75, 3.05) is 13.2 Å². The van der Waals surface area contributed by atoms with Gasteiger partial charge < -0.3 is 29.2 Å². The molecule has 4 rings (SSSR count). The SMILES string of the molecule is C=CC(=O)OC(C)COc1ccc(C(C)CC(CC(C)c2ccc(O)cc2)c2ccc(OCC(C)OC(=O)C3CC=CCC3C(=O)O)cc2)cc1. The van der Waals surface area contributed by atoms with Crippen LogP contribution in [-0.2, 0) is 23.9 Å². The lowest BCUT2D eigenvalue weighted by atomic mass is 9.79. The average molecular weight is 699 g/mol. The summed E-state index contributed by atoms with van der Waals surface area (Å²) in [6.07, 6.45) is 6.25. The fraction of sp³-hybridized carbons (Fsp3) is 0.405. The van der Waals surface area contributed by atoms with E-state index in [9.17, 15) is 24.6 Å². The van der Waals surface area contributed by atoms with Crippen LogP contribution in [0.4, 0.5) is 0 Å². The number of hydrogen-bond acceptors (Lipinski definition) is 8. The number of carboxylic acids is 1. The third-order valence-corrected chi connectivity index (χ3v) is 9.36. The van der Waals surface area contributed by atoms with E-state index in [2.05, 4.69) is 44.7 Å². The molecule has 9 heteroatoms. The van der Waals surface area contributed by atoms with Gasteiger partial charge in [0.2, 0.25) is 0 Å². The zero-order chi connectivity index (χ0) is 36.9. The van der Waals surface area contributed by atoms with Gasteiger partial charge in [0.25, 0.3) is 0 Å². The van der Waals surface area contributed by atoms with Gasteiger partial charge >= 0.3 is 17.9 Å². The summed E-state index contributed by atoms with van der Waals surface area (Å²) in [7, 11) is 0. The number of benzene rings is 3. The summed E-state index contributed by atoms with van der Waals surface area (Å²) in [6.45, 7) is 11.7. The van der Waals surface area contributed by atoms with Gasteiger partial charge in [-0.15, -0.1) is 0 Å². The van der Waals surface area contributed by atoms with Gasteiger partial charge in [-0.2, -0.15) is 0 Å². The van der Waals surface area contributed by atoms with Gasteiger partial charge in [0.1, 0.15) is 42.7 Å². The van der Waals surface area contributed by atoms with Crippen LogP contribution in [0.5, 0.6) is 17.2 Å². The topological polar surface area (TPSA) is 129 Å². The van der Waals surface area contributed by atoms with E-state index in [0.29, 0.717) is 24.3 Å². The van der Waals surface area contributed by atoms with Gasteiger partial charge in [0, 0.05) is 6.08 Å². The lowest BCUT2D eigenvalue weighted by molar-refractivity contribution is -0.162. The molecule has 1 aliphatic carbocycles. The van der Waals surface area contributed by atoms with Gasteiger partial charge in [-0.3, -0.25) is 9.59 Å². The van der Waals surface area contributed by atoms with Crippen LogP contribution in [0.15, 0.2) is 97.6 Å². The molecular formula is C42H50O9. The van der Waals surface area contributed by atoms with E-state index in [0.717, 1.165) is 24.5 Å². The van der Waals surface area contributed by atoms with Gasteiger partial charge in [0.05, 0.1) is 11.8 Å². The minimum atomic E-state index is -0.991. The van der Waals surface area contributed by atoms with Gasteiger partial charge in [-0.1, -0.05) is 69.0 Å². The Morgan fingerprint density at radius 1 is 0.706 bits per heavy atom. The molecule has 272 valence electrons. The fourth-order valence-corrected chi connectivity index (χ4v) is 6.40. The highest BCUT2D eigenvalue weighted by molar-refractivity contribution is 5.82. The van der Waals surface area contributed by atoms with Gasteiger partial charge in [0.15, 0.2) is 0 Å². The van der Waals surface area contributed by atoms with Crippen LogP contribution in [0, 0.1) is 11.8 Å². The number of carbonyl (C=O) groups excluding carboxylic acids is 2. The molecule has 0 spiro atoms. The maximum atomic E-state index is 12.8. The van der Waals surface area contributed by atoms with Crippen LogP contribution in [0.1, 0.15) is 87.8 Å². The molecule has 1 aliphatic rings. The van der Waals surface area contributed by atoms with Crippen LogP contribution in [0.3, 0.4) is 0 Å². The predicted octanol–water partition coefficient (Wildman–Crippen LogP) is 8.34. The molecule has 0 fully saturated rings. The fourth-order valence-electron chi connectivity index (χ4n) is 6.40. The van der Waals surface area contributed by atoms with Crippen molar-refractivity contribution >= 4 is 17.9 Å². The Morgan fingerprint density at radius 3 is 1.65 bits per heavy atom. The second-order valence-corrected chi connectivity index (χ2v) is 13.5. The van der Waals surface area contributed by atoms with Crippen LogP contribution in [0.2, 0.25) is 0 Å². The minimum Gasteiger partial charge on any atom is -0.508 e. The molecule has 0 amide bonds. The molecule has 0 saturated heterocycles. The first-order valence-corrected chi connectivity index (χ1v) is 17.6. The zero-order valence-corrected chi connectivity index (χ0v) is 29.9. The number of rotatable bonds is 18. The molecule has 0 heterocycles. The second-order valence-electron chi connectivity index (χ2n) is 13.5. The molecule has 2 N–H and O–H groups in total. The summed E-state index contributed by atoms with van der Waals surface area (Å²) in [5, 5.41) is 19.3. The number of esters is 2. The summed E-state index contributed by atoms with van der Waals surface area (Å²) in [4.78, 5) is 35.8. The van der Waals surface area contributed by atoms with Crippen molar-refractivity contribution in [3.8, 4) is 17.2 Å². The maximum Gasteiger partial charge on any atom is 0.330 e. The van der Waals surface area contributed by atoms with E-state index < -0.39 is 42.0 Å². The third-order valence-electron chi connectivity index (χ3n) is 9.36. The first-order valence-electron chi connectivity index (χ1n) is 17.6. The number of ether oxygens (including phenoxy) is 4. The Kier molecular flexibility index (Phi) is 14.3. The van der Waals surface area contributed by atoms with E-state index in [1.807, 2.05) is 42.5 Å². The average Bonchev–Trinajstić information content (AvgIpc) is 3.13. The number of phenols is 1. The van der Waals surface area contributed by atoms with Gasteiger partial charge in [-0.25, -0.2) is 4.79 Å². The molecule has 7 unspecified atom stereocenters. The van der Waals surface area contributed by atoms with E-state index in [-0.39, 0.29) is 36.7 Å². The quantitative estimate of drug-likeness (QED) is 0.0765. The second kappa shape index (κ2) is 18.8. The van der Waals surface area contributed by atoms with Crippen LogP contribution in [0.25, 0.3) is 0 Å². The highest BCUT2D eigenvalue weighted by Crippen LogP contribution is 2.38. The molecule has 9 nitrogen and oxygen atoms in total. The van der Waals surface area contributed by atoms with Crippen LogP contribution < -0.4 is 9.47 Å². The normalized spacial score (nSPS) is 18.4. The monoisotopic (exact) mass is 698 g/mol. The summed E-state index contributed by atoms with van der Waals surface area (Å²) in [5.41, 5.74) is 3.51. The highest BCUT2D eigenvalue weighted by Gasteiger charge is 2.35. The summed E-state index contributed by atoms with van der Waals surface area (Å²) < 4.78 is 22.6. The molecule has 0 bridgehead atoms. The van der Waals surface area contributed by atoms with E-state index in [1.54, 1.807) is 32.1 Å². The van der Waals surface area contributed by atoms with Crippen molar-refractivity contribution in [3.05, 3.63) is 114 Å².